The molecule has 0 saturated carbocycles. The maximum absolute atomic E-state index is 11.5. The van der Waals surface area contributed by atoms with Gasteiger partial charge in [0.25, 0.3) is 0 Å². The van der Waals surface area contributed by atoms with Crippen molar-refractivity contribution < 1.29 is 14.3 Å². The monoisotopic (exact) mass is 266 g/mol. The first-order valence-electron chi connectivity index (χ1n) is 6.51. The van der Waals surface area contributed by atoms with Gasteiger partial charge < -0.3 is 14.4 Å². The first-order valence-corrected chi connectivity index (χ1v) is 6.51. The fourth-order valence-corrected chi connectivity index (χ4v) is 1.72. The zero-order chi connectivity index (χ0) is 14.3. The fraction of sp³-hybridized carbons (Fsp3) is 0.571. The van der Waals surface area contributed by atoms with Crippen LogP contribution >= 0.6 is 0 Å². The number of carbonyl (C=O) groups excluding carboxylic acids is 1. The van der Waals surface area contributed by atoms with E-state index in [1.807, 2.05) is 30.9 Å². The number of anilines is 1. The van der Waals surface area contributed by atoms with Crippen LogP contribution in [0.25, 0.3) is 0 Å². The first kappa shape index (κ1) is 15.3. The van der Waals surface area contributed by atoms with Gasteiger partial charge in [-0.3, -0.25) is 4.79 Å². The quantitative estimate of drug-likeness (QED) is 0.708. The highest BCUT2D eigenvalue weighted by molar-refractivity contribution is 5.76. The lowest BCUT2D eigenvalue weighted by Crippen LogP contribution is -2.32. The number of aromatic nitrogens is 1. The van der Waals surface area contributed by atoms with Crippen molar-refractivity contribution in [3.63, 3.8) is 0 Å². The van der Waals surface area contributed by atoms with Crippen molar-refractivity contribution in [3.05, 3.63) is 18.3 Å². The molecule has 0 bridgehead atoms. The molecule has 0 aliphatic heterocycles. The number of pyridine rings is 1. The Morgan fingerprint density at radius 2 is 2.21 bits per heavy atom. The van der Waals surface area contributed by atoms with Gasteiger partial charge in [-0.25, -0.2) is 4.98 Å². The molecular formula is C14H22N2O3. The second-order valence-electron chi connectivity index (χ2n) is 4.49. The summed E-state index contributed by atoms with van der Waals surface area (Å²) in [6.07, 6.45) is 2.67. The highest BCUT2D eigenvalue weighted by Crippen LogP contribution is 2.26. The van der Waals surface area contributed by atoms with Gasteiger partial charge in [-0.05, 0) is 32.4 Å². The van der Waals surface area contributed by atoms with E-state index < -0.39 is 0 Å². The van der Waals surface area contributed by atoms with E-state index in [1.54, 1.807) is 6.20 Å². The molecular weight excluding hydrogens is 244 g/mol. The average Bonchev–Trinajstić information content (AvgIpc) is 2.38. The Bertz CT molecular complexity index is 407. The Morgan fingerprint density at radius 3 is 2.79 bits per heavy atom. The molecule has 0 atom stereocenters. The van der Waals surface area contributed by atoms with E-state index in [1.165, 1.54) is 7.11 Å². The summed E-state index contributed by atoms with van der Waals surface area (Å²) in [6.45, 7) is 6.87. The van der Waals surface area contributed by atoms with Crippen molar-refractivity contribution >= 4 is 11.8 Å². The molecule has 0 unspecified atom stereocenters. The zero-order valence-corrected chi connectivity index (χ0v) is 12.0. The van der Waals surface area contributed by atoms with E-state index in [4.69, 9.17) is 9.47 Å². The molecule has 5 heteroatoms. The summed E-state index contributed by atoms with van der Waals surface area (Å²) in [4.78, 5) is 17.7. The molecule has 0 aromatic carbocycles. The van der Waals surface area contributed by atoms with Gasteiger partial charge >= 0.3 is 5.97 Å². The van der Waals surface area contributed by atoms with E-state index in [0.29, 0.717) is 11.6 Å². The maximum atomic E-state index is 11.5. The lowest BCUT2D eigenvalue weighted by Gasteiger charge is -2.24. The molecule has 5 nitrogen and oxygen atoms in total. The average molecular weight is 266 g/mol. The van der Waals surface area contributed by atoms with Gasteiger partial charge in [-0.1, -0.05) is 6.92 Å². The minimum atomic E-state index is -0.283. The third-order valence-electron chi connectivity index (χ3n) is 2.45. The van der Waals surface area contributed by atoms with Crippen molar-refractivity contribution in [2.45, 2.75) is 33.3 Å². The SMILES string of the molecule is CCCN(CC(=O)OC)c1ncccc1OC(C)C. The van der Waals surface area contributed by atoms with Crippen molar-refractivity contribution in [2.75, 3.05) is 25.1 Å². The number of hydrogen-bond acceptors (Lipinski definition) is 5. The van der Waals surface area contributed by atoms with Crippen molar-refractivity contribution in [2.24, 2.45) is 0 Å². The van der Waals surface area contributed by atoms with Crippen LogP contribution in [0, 0.1) is 0 Å². The van der Waals surface area contributed by atoms with Crippen LogP contribution in [0.1, 0.15) is 27.2 Å². The topological polar surface area (TPSA) is 51.7 Å². The van der Waals surface area contributed by atoms with E-state index >= 15 is 0 Å². The van der Waals surface area contributed by atoms with Gasteiger partial charge in [0.2, 0.25) is 0 Å². The van der Waals surface area contributed by atoms with Crippen LogP contribution in [0.2, 0.25) is 0 Å². The van der Waals surface area contributed by atoms with Crippen LogP contribution < -0.4 is 9.64 Å². The number of methoxy groups -OCH3 is 1. The summed E-state index contributed by atoms with van der Waals surface area (Å²) in [5.74, 6) is 1.09. The molecule has 0 spiro atoms. The second kappa shape index (κ2) is 7.61. The van der Waals surface area contributed by atoms with Crippen molar-refractivity contribution in [1.29, 1.82) is 0 Å². The lowest BCUT2D eigenvalue weighted by atomic mass is 10.3. The van der Waals surface area contributed by atoms with E-state index in [0.717, 1.165) is 13.0 Å². The molecule has 0 saturated heterocycles. The number of nitrogens with zero attached hydrogens (tertiary/aromatic N) is 2. The molecule has 1 aromatic heterocycles. The van der Waals surface area contributed by atoms with Crippen LogP contribution in [0.5, 0.6) is 5.75 Å². The standard InChI is InChI=1S/C14H22N2O3/c1-5-9-16(10-13(17)18-4)14-12(19-11(2)3)7-6-8-15-14/h6-8,11H,5,9-10H2,1-4H3. The minimum Gasteiger partial charge on any atom is -0.487 e. The molecule has 0 N–H and O–H groups in total. The van der Waals surface area contributed by atoms with Crippen molar-refractivity contribution in [1.82, 2.24) is 4.98 Å². The molecule has 1 heterocycles. The minimum absolute atomic E-state index is 0.0598. The molecule has 1 rings (SSSR count). The van der Waals surface area contributed by atoms with E-state index in [-0.39, 0.29) is 18.6 Å². The van der Waals surface area contributed by atoms with Crippen molar-refractivity contribution in [3.8, 4) is 5.75 Å². The molecule has 1 aromatic rings. The Morgan fingerprint density at radius 1 is 1.47 bits per heavy atom. The van der Waals surface area contributed by atoms with Crippen LogP contribution in [-0.4, -0.2) is 37.3 Å². The normalized spacial score (nSPS) is 10.4. The van der Waals surface area contributed by atoms with Crippen LogP contribution in [-0.2, 0) is 9.53 Å². The summed E-state index contributed by atoms with van der Waals surface area (Å²) in [5, 5.41) is 0. The molecule has 106 valence electrons. The van der Waals surface area contributed by atoms with Gasteiger partial charge in [0.15, 0.2) is 11.6 Å². The number of ether oxygens (including phenoxy) is 2. The van der Waals surface area contributed by atoms with Crippen LogP contribution in [0.15, 0.2) is 18.3 Å². The number of hydrogen-bond donors (Lipinski definition) is 0. The highest BCUT2D eigenvalue weighted by atomic mass is 16.5. The Hall–Kier alpha value is -1.78. The molecule has 0 radical (unpaired) electrons. The Balaban J connectivity index is 2.97. The maximum Gasteiger partial charge on any atom is 0.325 e. The van der Waals surface area contributed by atoms with E-state index in [2.05, 4.69) is 11.9 Å². The zero-order valence-electron chi connectivity index (χ0n) is 12.0. The highest BCUT2D eigenvalue weighted by Gasteiger charge is 2.17. The molecule has 0 fully saturated rings. The largest absolute Gasteiger partial charge is 0.487 e. The predicted octanol–water partition coefficient (Wildman–Crippen LogP) is 2.26. The Labute approximate surface area is 114 Å². The smallest absolute Gasteiger partial charge is 0.325 e. The predicted molar refractivity (Wildman–Crippen MR) is 74.5 cm³/mol. The molecule has 0 aliphatic rings. The van der Waals surface area contributed by atoms with Crippen LogP contribution in [0.3, 0.4) is 0 Å². The van der Waals surface area contributed by atoms with Gasteiger partial charge in [-0.2, -0.15) is 0 Å². The second-order valence-corrected chi connectivity index (χ2v) is 4.49. The summed E-state index contributed by atoms with van der Waals surface area (Å²) >= 11 is 0. The third-order valence-corrected chi connectivity index (χ3v) is 2.45. The first-order chi connectivity index (χ1) is 9.08. The van der Waals surface area contributed by atoms with Gasteiger partial charge in [0.1, 0.15) is 6.54 Å². The van der Waals surface area contributed by atoms with Gasteiger partial charge in [0.05, 0.1) is 13.2 Å². The van der Waals surface area contributed by atoms with Crippen LogP contribution in [0.4, 0.5) is 5.82 Å². The summed E-state index contributed by atoms with van der Waals surface area (Å²) in [5.41, 5.74) is 0. The molecule has 0 aliphatic carbocycles. The van der Waals surface area contributed by atoms with E-state index in [9.17, 15) is 4.79 Å². The lowest BCUT2D eigenvalue weighted by molar-refractivity contribution is -0.138. The molecule has 0 amide bonds. The number of rotatable bonds is 7. The Kier molecular flexibility index (Phi) is 6.12. The number of esters is 1. The molecule has 19 heavy (non-hydrogen) atoms. The fourth-order valence-electron chi connectivity index (χ4n) is 1.72. The van der Waals surface area contributed by atoms with Gasteiger partial charge in [-0.15, -0.1) is 0 Å². The number of carbonyl (C=O) groups is 1. The summed E-state index contributed by atoms with van der Waals surface area (Å²) < 4.78 is 10.5. The van der Waals surface area contributed by atoms with Gasteiger partial charge in [0, 0.05) is 12.7 Å². The summed E-state index contributed by atoms with van der Waals surface area (Å²) in [7, 11) is 1.39. The summed E-state index contributed by atoms with van der Waals surface area (Å²) in [6, 6.07) is 3.69. The third kappa shape index (κ3) is 4.77.